The maximum absolute atomic E-state index is 6.15. The Morgan fingerprint density at radius 2 is 1.56 bits per heavy atom. The van der Waals surface area contributed by atoms with E-state index in [1.807, 2.05) is 42.5 Å². The Kier molecular flexibility index (Phi) is 5.07. The number of hydrogen-bond donors (Lipinski definition) is 1. The summed E-state index contributed by atoms with van der Waals surface area (Å²) in [7, 11) is 0. The number of benzene rings is 2. The lowest BCUT2D eigenvalue weighted by molar-refractivity contribution is 0.693. The van der Waals surface area contributed by atoms with Gasteiger partial charge in [-0.15, -0.1) is 0 Å². The standard InChI is InChI=1S/C14H12BrCl2N/c15-12-6-5-11(14(17)7-12)9-18-8-10-3-1-2-4-13(10)16/h1-7,18H,8-9H2. The Morgan fingerprint density at radius 1 is 0.889 bits per heavy atom. The first-order valence-corrected chi connectivity index (χ1v) is 7.10. The zero-order chi connectivity index (χ0) is 13.0. The van der Waals surface area contributed by atoms with Gasteiger partial charge in [0.05, 0.1) is 0 Å². The van der Waals surface area contributed by atoms with Crippen molar-refractivity contribution in [2.45, 2.75) is 13.1 Å². The number of nitrogens with one attached hydrogen (secondary N) is 1. The summed E-state index contributed by atoms with van der Waals surface area (Å²) in [5.41, 5.74) is 2.17. The lowest BCUT2D eigenvalue weighted by Gasteiger charge is -2.08. The van der Waals surface area contributed by atoms with Crippen LogP contribution in [0.5, 0.6) is 0 Å². The highest BCUT2D eigenvalue weighted by molar-refractivity contribution is 9.10. The molecule has 2 aromatic carbocycles. The molecule has 0 aliphatic carbocycles. The minimum absolute atomic E-state index is 0.720. The Morgan fingerprint density at radius 3 is 2.22 bits per heavy atom. The second-order valence-corrected chi connectivity index (χ2v) is 5.66. The first kappa shape index (κ1) is 13.9. The van der Waals surface area contributed by atoms with Crippen molar-refractivity contribution < 1.29 is 0 Å². The third-order valence-corrected chi connectivity index (χ3v) is 3.82. The summed E-state index contributed by atoms with van der Waals surface area (Å²) in [4.78, 5) is 0. The summed E-state index contributed by atoms with van der Waals surface area (Å²) >= 11 is 15.6. The molecule has 1 nitrogen and oxygen atoms in total. The van der Waals surface area contributed by atoms with Crippen molar-refractivity contribution in [3.63, 3.8) is 0 Å². The van der Waals surface area contributed by atoms with Crippen LogP contribution in [0.2, 0.25) is 10.0 Å². The zero-order valence-electron chi connectivity index (χ0n) is 9.59. The molecular weight excluding hydrogens is 333 g/mol. The second kappa shape index (κ2) is 6.58. The molecule has 1 N–H and O–H groups in total. The highest BCUT2D eigenvalue weighted by Gasteiger charge is 2.02. The van der Waals surface area contributed by atoms with E-state index in [4.69, 9.17) is 23.2 Å². The highest BCUT2D eigenvalue weighted by Crippen LogP contribution is 2.21. The monoisotopic (exact) mass is 343 g/mol. The van der Waals surface area contributed by atoms with Gasteiger partial charge in [0, 0.05) is 27.6 Å². The van der Waals surface area contributed by atoms with Gasteiger partial charge in [0.2, 0.25) is 0 Å². The van der Waals surface area contributed by atoms with E-state index in [1.165, 1.54) is 0 Å². The fourth-order valence-corrected chi connectivity index (χ4v) is 2.58. The van der Waals surface area contributed by atoms with E-state index in [9.17, 15) is 0 Å². The van der Waals surface area contributed by atoms with E-state index >= 15 is 0 Å². The van der Waals surface area contributed by atoms with Gasteiger partial charge in [0.25, 0.3) is 0 Å². The normalized spacial score (nSPS) is 10.6. The number of halogens is 3. The Bertz CT molecular complexity index is 543. The van der Waals surface area contributed by atoms with Crippen molar-refractivity contribution in [2.75, 3.05) is 0 Å². The molecule has 0 atom stereocenters. The lowest BCUT2D eigenvalue weighted by atomic mass is 10.2. The van der Waals surface area contributed by atoms with Crippen LogP contribution in [0.1, 0.15) is 11.1 Å². The first-order valence-electron chi connectivity index (χ1n) is 5.55. The molecule has 4 heteroatoms. The maximum Gasteiger partial charge on any atom is 0.0462 e. The van der Waals surface area contributed by atoms with Crippen molar-refractivity contribution in [3.8, 4) is 0 Å². The zero-order valence-corrected chi connectivity index (χ0v) is 12.7. The fourth-order valence-electron chi connectivity index (χ4n) is 1.64. The fraction of sp³-hybridized carbons (Fsp3) is 0.143. The summed E-state index contributed by atoms with van der Waals surface area (Å²) < 4.78 is 0.988. The van der Waals surface area contributed by atoms with Gasteiger partial charge in [-0.3, -0.25) is 0 Å². The Labute approximate surface area is 125 Å². The third kappa shape index (κ3) is 3.72. The van der Waals surface area contributed by atoms with Crippen molar-refractivity contribution in [3.05, 3.63) is 68.1 Å². The molecule has 2 aromatic rings. The number of rotatable bonds is 4. The third-order valence-electron chi connectivity index (χ3n) is 2.60. The minimum Gasteiger partial charge on any atom is -0.309 e. The van der Waals surface area contributed by atoms with Crippen LogP contribution in [0, 0.1) is 0 Å². The van der Waals surface area contributed by atoms with Gasteiger partial charge in [-0.25, -0.2) is 0 Å². The molecule has 94 valence electrons. The van der Waals surface area contributed by atoms with Gasteiger partial charge in [-0.1, -0.05) is 63.4 Å². The number of hydrogen-bond acceptors (Lipinski definition) is 1. The molecule has 0 fully saturated rings. The van der Waals surface area contributed by atoms with Gasteiger partial charge >= 0.3 is 0 Å². The molecule has 0 aliphatic rings. The largest absolute Gasteiger partial charge is 0.309 e. The molecule has 0 bridgehead atoms. The summed E-state index contributed by atoms with van der Waals surface area (Å²) in [6, 6.07) is 13.7. The van der Waals surface area contributed by atoms with E-state index < -0.39 is 0 Å². The maximum atomic E-state index is 6.15. The molecule has 18 heavy (non-hydrogen) atoms. The molecular formula is C14H12BrCl2N. The van der Waals surface area contributed by atoms with Crippen LogP contribution in [0.4, 0.5) is 0 Å². The van der Waals surface area contributed by atoms with Crippen molar-refractivity contribution in [1.82, 2.24) is 5.32 Å². The summed E-state index contributed by atoms with van der Waals surface area (Å²) in [5, 5.41) is 4.88. The highest BCUT2D eigenvalue weighted by atomic mass is 79.9. The van der Waals surface area contributed by atoms with Gasteiger partial charge in [0.15, 0.2) is 0 Å². The molecule has 0 radical (unpaired) electrons. The van der Waals surface area contributed by atoms with Gasteiger partial charge in [0.1, 0.15) is 0 Å². The smallest absolute Gasteiger partial charge is 0.0462 e. The average molecular weight is 345 g/mol. The van der Waals surface area contributed by atoms with Gasteiger partial charge in [-0.2, -0.15) is 0 Å². The van der Waals surface area contributed by atoms with E-state index in [-0.39, 0.29) is 0 Å². The van der Waals surface area contributed by atoms with Crippen molar-refractivity contribution >= 4 is 39.1 Å². The predicted octanol–water partition coefficient (Wildman–Crippen LogP) is 5.05. The molecule has 0 aromatic heterocycles. The van der Waals surface area contributed by atoms with Crippen molar-refractivity contribution in [1.29, 1.82) is 0 Å². The van der Waals surface area contributed by atoms with Crippen LogP contribution < -0.4 is 5.32 Å². The molecule has 2 rings (SSSR count). The Hall–Kier alpha value is -0.540. The Balaban J connectivity index is 1.95. The van der Waals surface area contributed by atoms with Crippen LogP contribution in [-0.2, 0) is 13.1 Å². The van der Waals surface area contributed by atoms with Crippen LogP contribution >= 0.6 is 39.1 Å². The van der Waals surface area contributed by atoms with E-state index in [2.05, 4.69) is 21.2 Å². The van der Waals surface area contributed by atoms with Crippen LogP contribution in [-0.4, -0.2) is 0 Å². The molecule has 0 saturated carbocycles. The van der Waals surface area contributed by atoms with E-state index in [1.54, 1.807) is 0 Å². The minimum atomic E-state index is 0.720. The van der Waals surface area contributed by atoms with E-state index in [0.29, 0.717) is 0 Å². The van der Waals surface area contributed by atoms with Gasteiger partial charge < -0.3 is 5.32 Å². The predicted molar refractivity (Wildman–Crippen MR) is 81.1 cm³/mol. The topological polar surface area (TPSA) is 12.0 Å². The SMILES string of the molecule is Clc1ccccc1CNCc1ccc(Br)cc1Cl. The summed E-state index contributed by atoms with van der Waals surface area (Å²) in [5.74, 6) is 0. The first-order chi connectivity index (χ1) is 8.66. The van der Waals surface area contributed by atoms with Crippen LogP contribution in [0.25, 0.3) is 0 Å². The molecule has 0 spiro atoms. The molecule has 0 heterocycles. The quantitative estimate of drug-likeness (QED) is 0.818. The summed E-state index contributed by atoms with van der Waals surface area (Å²) in [6.07, 6.45) is 0. The molecule has 0 amide bonds. The molecule has 0 aliphatic heterocycles. The molecule has 0 unspecified atom stereocenters. The van der Waals surface area contributed by atoms with Crippen molar-refractivity contribution in [2.24, 2.45) is 0 Å². The molecule has 0 saturated heterocycles. The van der Waals surface area contributed by atoms with Gasteiger partial charge in [-0.05, 0) is 29.3 Å². The lowest BCUT2D eigenvalue weighted by Crippen LogP contribution is -2.13. The second-order valence-electron chi connectivity index (χ2n) is 3.93. The van der Waals surface area contributed by atoms with Crippen LogP contribution in [0.3, 0.4) is 0 Å². The van der Waals surface area contributed by atoms with E-state index in [0.717, 1.165) is 38.7 Å². The summed E-state index contributed by atoms with van der Waals surface area (Å²) in [6.45, 7) is 1.45. The van der Waals surface area contributed by atoms with Crippen LogP contribution in [0.15, 0.2) is 46.9 Å². The average Bonchev–Trinajstić information content (AvgIpc) is 2.34.